The number of carbonyl (C=O) groups is 3. The quantitative estimate of drug-likeness (QED) is 0.637. The van der Waals surface area contributed by atoms with E-state index < -0.39 is 0 Å². The molecule has 8 heteroatoms. The summed E-state index contributed by atoms with van der Waals surface area (Å²) < 4.78 is 0. The molecule has 8 nitrogen and oxygen atoms in total. The average Bonchev–Trinajstić information content (AvgIpc) is 3.24. The molecule has 0 spiro atoms. The summed E-state index contributed by atoms with van der Waals surface area (Å²) in [5.41, 5.74) is 2.83. The molecule has 0 aromatic heterocycles. The molecule has 31 heavy (non-hydrogen) atoms. The first-order valence-electron chi connectivity index (χ1n) is 10.3. The molecule has 0 unspecified atom stereocenters. The zero-order chi connectivity index (χ0) is 22.2. The van der Waals surface area contributed by atoms with Crippen molar-refractivity contribution in [2.24, 2.45) is 5.10 Å². The number of anilines is 2. The summed E-state index contributed by atoms with van der Waals surface area (Å²) in [4.78, 5) is 36.8. The van der Waals surface area contributed by atoms with Gasteiger partial charge in [0.1, 0.15) is 0 Å². The Hall–Kier alpha value is -3.68. The number of para-hydroxylation sites is 2. The number of carbonyl (C=O) groups excluding carboxylic acids is 3. The number of urea groups is 1. The monoisotopic (exact) mass is 421 g/mol. The molecule has 4 amide bonds. The van der Waals surface area contributed by atoms with Crippen LogP contribution in [0.25, 0.3) is 0 Å². The van der Waals surface area contributed by atoms with Crippen LogP contribution in [0.15, 0.2) is 59.7 Å². The molecule has 0 saturated heterocycles. The van der Waals surface area contributed by atoms with E-state index in [-0.39, 0.29) is 36.7 Å². The highest BCUT2D eigenvalue weighted by molar-refractivity contribution is 6.03. The molecular weight excluding hydrogens is 394 g/mol. The smallest absolute Gasteiger partial charge is 0.319 e. The highest BCUT2D eigenvalue weighted by Crippen LogP contribution is 2.21. The molecule has 0 bridgehead atoms. The number of hydrazone groups is 1. The van der Waals surface area contributed by atoms with Gasteiger partial charge < -0.3 is 16.0 Å². The van der Waals surface area contributed by atoms with Crippen LogP contribution in [0.4, 0.5) is 16.2 Å². The minimum atomic E-state index is -0.354. The summed E-state index contributed by atoms with van der Waals surface area (Å²) in [6.45, 7) is 4.23. The second-order valence-corrected chi connectivity index (χ2v) is 7.53. The Labute approximate surface area is 181 Å². The topological polar surface area (TPSA) is 103 Å². The lowest BCUT2D eigenvalue weighted by Gasteiger charge is -2.14. The van der Waals surface area contributed by atoms with Gasteiger partial charge in [0.05, 0.1) is 23.6 Å². The summed E-state index contributed by atoms with van der Waals surface area (Å²) in [6, 6.07) is 16.3. The lowest BCUT2D eigenvalue weighted by Crippen LogP contribution is -2.34. The van der Waals surface area contributed by atoms with Crippen molar-refractivity contribution in [3.63, 3.8) is 0 Å². The number of hydrogen-bond donors (Lipinski definition) is 3. The average molecular weight is 422 g/mol. The Morgan fingerprint density at radius 3 is 2.26 bits per heavy atom. The van der Waals surface area contributed by atoms with Crippen molar-refractivity contribution in [2.45, 2.75) is 39.2 Å². The molecule has 2 aromatic carbocycles. The standard InChI is InChI=1S/C23H27N5O3/c1-16(2)24-23(31)26-20-11-7-6-10-19(20)25-21(29)12-13-22(30)28-15-14-18(27-28)17-8-4-3-5-9-17/h3-11,16H,12-15H2,1-2H3,(H,25,29)(H2,24,26,31). The Morgan fingerprint density at radius 2 is 1.58 bits per heavy atom. The predicted molar refractivity (Wildman–Crippen MR) is 121 cm³/mol. The van der Waals surface area contributed by atoms with E-state index in [4.69, 9.17) is 0 Å². The van der Waals surface area contributed by atoms with E-state index in [2.05, 4.69) is 21.1 Å². The Kier molecular flexibility index (Phi) is 7.37. The zero-order valence-electron chi connectivity index (χ0n) is 17.7. The third kappa shape index (κ3) is 6.40. The van der Waals surface area contributed by atoms with Gasteiger partial charge in [-0.2, -0.15) is 5.10 Å². The van der Waals surface area contributed by atoms with Crippen molar-refractivity contribution in [2.75, 3.05) is 17.2 Å². The zero-order valence-corrected chi connectivity index (χ0v) is 17.7. The fraction of sp³-hybridized carbons (Fsp3) is 0.304. The number of benzene rings is 2. The molecule has 0 saturated carbocycles. The molecule has 3 N–H and O–H groups in total. The van der Waals surface area contributed by atoms with Gasteiger partial charge >= 0.3 is 6.03 Å². The van der Waals surface area contributed by atoms with Gasteiger partial charge in [0, 0.05) is 25.3 Å². The van der Waals surface area contributed by atoms with Crippen LogP contribution in [-0.2, 0) is 9.59 Å². The number of nitrogens with one attached hydrogen (secondary N) is 3. The lowest BCUT2D eigenvalue weighted by atomic mass is 10.1. The Morgan fingerprint density at radius 1 is 0.935 bits per heavy atom. The van der Waals surface area contributed by atoms with E-state index in [1.54, 1.807) is 24.3 Å². The highest BCUT2D eigenvalue weighted by Gasteiger charge is 2.22. The van der Waals surface area contributed by atoms with E-state index >= 15 is 0 Å². The molecule has 1 aliphatic heterocycles. The number of amides is 4. The Balaban J connectivity index is 1.52. The molecule has 2 aromatic rings. The number of rotatable bonds is 7. The van der Waals surface area contributed by atoms with Gasteiger partial charge in [0.25, 0.3) is 0 Å². The van der Waals surface area contributed by atoms with Crippen LogP contribution in [0.2, 0.25) is 0 Å². The van der Waals surface area contributed by atoms with Crippen LogP contribution in [-0.4, -0.2) is 41.2 Å². The fourth-order valence-electron chi connectivity index (χ4n) is 3.15. The van der Waals surface area contributed by atoms with Crippen LogP contribution in [0, 0.1) is 0 Å². The maximum Gasteiger partial charge on any atom is 0.319 e. The van der Waals surface area contributed by atoms with Gasteiger partial charge in [-0.05, 0) is 31.5 Å². The normalized spacial score (nSPS) is 13.0. The SMILES string of the molecule is CC(C)NC(=O)Nc1ccccc1NC(=O)CCC(=O)N1CCC(c2ccccc2)=N1. The van der Waals surface area contributed by atoms with E-state index in [0.29, 0.717) is 24.3 Å². The van der Waals surface area contributed by atoms with E-state index in [1.807, 2.05) is 44.2 Å². The summed E-state index contributed by atoms with van der Waals surface area (Å²) >= 11 is 0. The van der Waals surface area contributed by atoms with E-state index in [1.165, 1.54) is 5.01 Å². The second-order valence-electron chi connectivity index (χ2n) is 7.53. The number of hydrogen-bond acceptors (Lipinski definition) is 4. The summed E-state index contributed by atoms with van der Waals surface area (Å²) in [7, 11) is 0. The largest absolute Gasteiger partial charge is 0.336 e. The maximum atomic E-state index is 12.5. The molecule has 1 aliphatic rings. The van der Waals surface area contributed by atoms with Gasteiger partial charge in [-0.25, -0.2) is 9.80 Å². The highest BCUT2D eigenvalue weighted by atomic mass is 16.2. The van der Waals surface area contributed by atoms with E-state index in [0.717, 1.165) is 11.3 Å². The summed E-state index contributed by atoms with van der Waals surface area (Å²) in [6.07, 6.45) is 0.776. The maximum absolute atomic E-state index is 12.5. The molecule has 0 fully saturated rings. The van der Waals surface area contributed by atoms with Crippen molar-refractivity contribution in [3.05, 3.63) is 60.2 Å². The van der Waals surface area contributed by atoms with Crippen molar-refractivity contribution >= 4 is 34.9 Å². The van der Waals surface area contributed by atoms with Crippen LogP contribution in [0.3, 0.4) is 0 Å². The first-order valence-corrected chi connectivity index (χ1v) is 10.3. The van der Waals surface area contributed by atoms with Crippen molar-refractivity contribution in [1.29, 1.82) is 0 Å². The summed E-state index contributed by atoms with van der Waals surface area (Å²) in [5, 5.41) is 14.1. The van der Waals surface area contributed by atoms with Gasteiger partial charge in [0.15, 0.2) is 0 Å². The molecule has 162 valence electrons. The van der Waals surface area contributed by atoms with Crippen LogP contribution in [0.5, 0.6) is 0 Å². The third-order valence-electron chi connectivity index (χ3n) is 4.63. The van der Waals surface area contributed by atoms with Gasteiger partial charge in [-0.15, -0.1) is 0 Å². The molecular formula is C23H27N5O3. The van der Waals surface area contributed by atoms with Crippen molar-refractivity contribution in [3.8, 4) is 0 Å². The molecule has 0 radical (unpaired) electrons. The molecule has 0 atom stereocenters. The molecule has 1 heterocycles. The second kappa shape index (κ2) is 10.4. The summed E-state index contributed by atoms with van der Waals surface area (Å²) in [5.74, 6) is -0.498. The van der Waals surface area contributed by atoms with Crippen LogP contribution >= 0.6 is 0 Å². The van der Waals surface area contributed by atoms with Crippen LogP contribution in [0.1, 0.15) is 38.7 Å². The number of nitrogens with zero attached hydrogens (tertiary/aromatic N) is 2. The first kappa shape index (κ1) is 22.0. The van der Waals surface area contributed by atoms with Crippen molar-refractivity contribution in [1.82, 2.24) is 10.3 Å². The fourth-order valence-corrected chi connectivity index (χ4v) is 3.15. The van der Waals surface area contributed by atoms with Gasteiger partial charge in [-0.1, -0.05) is 42.5 Å². The third-order valence-corrected chi connectivity index (χ3v) is 4.63. The first-order chi connectivity index (χ1) is 14.9. The van der Waals surface area contributed by atoms with E-state index in [9.17, 15) is 14.4 Å². The van der Waals surface area contributed by atoms with Crippen LogP contribution < -0.4 is 16.0 Å². The minimum absolute atomic E-state index is 0.0107. The van der Waals surface area contributed by atoms with Gasteiger partial charge in [0.2, 0.25) is 11.8 Å². The molecule has 3 rings (SSSR count). The minimum Gasteiger partial charge on any atom is -0.336 e. The Bertz CT molecular complexity index is 972. The molecule has 0 aliphatic carbocycles. The van der Waals surface area contributed by atoms with Gasteiger partial charge in [-0.3, -0.25) is 9.59 Å². The van der Waals surface area contributed by atoms with Crippen molar-refractivity contribution < 1.29 is 14.4 Å². The lowest BCUT2D eigenvalue weighted by molar-refractivity contribution is -0.132. The predicted octanol–water partition coefficient (Wildman–Crippen LogP) is 3.57.